The summed E-state index contributed by atoms with van der Waals surface area (Å²) in [4.78, 5) is 31.8. The average Bonchev–Trinajstić information content (AvgIpc) is 3.35. The zero-order chi connectivity index (χ0) is 24.4. The molecule has 2 aromatic heterocycles. The number of likely N-dealkylation sites (tertiary alicyclic amines) is 1. The zero-order valence-electron chi connectivity index (χ0n) is 19.9. The molecule has 0 atom stereocenters. The highest BCUT2D eigenvalue weighted by atomic mass is 19.1. The average molecular weight is 481 g/mol. The molecule has 2 aliphatic heterocycles. The Labute approximate surface area is 203 Å². The number of imidazole rings is 1. The van der Waals surface area contributed by atoms with Gasteiger partial charge in [0.15, 0.2) is 5.82 Å². The molecule has 2 saturated heterocycles. The highest BCUT2D eigenvalue weighted by molar-refractivity contribution is 5.83. The molecule has 9 nitrogen and oxygen atoms in total. The fourth-order valence-corrected chi connectivity index (χ4v) is 4.49. The van der Waals surface area contributed by atoms with Gasteiger partial charge in [-0.05, 0) is 56.5 Å². The number of nitrogens with one attached hydrogen (secondary N) is 2. The first-order valence-corrected chi connectivity index (χ1v) is 11.9. The quantitative estimate of drug-likeness (QED) is 0.573. The molecular weight excluding hydrogens is 451 g/mol. The lowest BCUT2D eigenvalue weighted by molar-refractivity contribution is -0.234. The summed E-state index contributed by atoms with van der Waals surface area (Å²) in [6.07, 6.45) is 4.11. The molecule has 1 amide bonds. The third-order valence-electron chi connectivity index (χ3n) is 6.46. The van der Waals surface area contributed by atoms with Gasteiger partial charge in [-0.25, -0.2) is 19.3 Å². The van der Waals surface area contributed by atoms with Crippen molar-refractivity contribution < 1.29 is 18.7 Å². The summed E-state index contributed by atoms with van der Waals surface area (Å²) in [5.41, 5.74) is 1.82. The van der Waals surface area contributed by atoms with Crippen LogP contribution in [0, 0.1) is 11.2 Å². The number of carbonyl (C=O) groups is 1. The van der Waals surface area contributed by atoms with E-state index in [0.29, 0.717) is 28.9 Å². The van der Waals surface area contributed by atoms with Crippen LogP contribution in [0.25, 0.3) is 22.6 Å². The third kappa shape index (κ3) is 4.76. The lowest BCUT2D eigenvalue weighted by Crippen LogP contribution is -2.51. The molecule has 0 spiro atoms. The van der Waals surface area contributed by atoms with E-state index in [-0.39, 0.29) is 24.9 Å². The molecule has 35 heavy (non-hydrogen) atoms. The minimum Gasteiger partial charge on any atom is -0.357 e. The lowest BCUT2D eigenvalue weighted by atomic mass is 9.89. The van der Waals surface area contributed by atoms with E-state index >= 15 is 0 Å². The molecule has 2 fully saturated rings. The summed E-state index contributed by atoms with van der Waals surface area (Å²) in [7, 11) is 1.74. The fraction of sp³-hybridized carbons (Fsp3) is 0.440. The van der Waals surface area contributed by atoms with Crippen molar-refractivity contribution in [3.8, 4) is 22.6 Å². The number of anilines is 1. The van der Waals surface area contributed by atoms with Crippen LogP contribution < -0.4 is 5.32 Å². The minimum absolute atomic E-state index is 0.0726. The number of halogens is 1. The van der Waals surface area contributed by atoms with Crippen LogP contribution >= 0.6 is 0 Å². The van der Waals surface area contributed by atoms with Gasteiger partial charge in [0, 0.05) is 31.9 Å². The van der Waals surface area contributed by atoms with E-state index in [1.165, 1.54) is 12.1 Å². The molecule has 2 aliphatic rings. The van der Waals surface area contributed by atoms with Gasteiger partial charge in [-0.1, -0.05) is 0 Å². The number of carbonyl (C=O) groups excluding carboxylic acids is 1. The molecule has 0 bridgehead atoms. The first kappa shape index (κ1) is 23.4. The SMILES string of the molecule is CNc1nccc(-c2[nH]c(C3OCC(C)(C(=O)N4CCCCC4)CO3)nc2-c2ccc(F)cc2)n1. The van der Waals surface area contributed by atoms with Crippen molar-refractivity contribution in [2.75, 3.05) is 38.7 Å². The van der Waals surface area contributed by atoms with E-state index in [9.17, 15) is 9.18 Å². The Morgan fingerprint density at radius 3 is 2.51 bits per heavy atom. The van der Waals surface area contributed by atoms with E-state index in [1.807, 2.05) is 11.8 Å². The monoisotopic (exact) mass is 480 g/mol. The van der Waals surface area contributed by atoms with Crippen molar-refractivity contribution in [2.24, 2.45) is 5.41 Å². The van der Waals surface area contributed by atoms with Crippen LogP contribution in [0.15, 0.2) is 36.5 Å². The van der Waals surface area contributed by atoms with Crippen LogP contribution in [0.5, 0.6) is 0 Å². The number of amides is 1. The summed E-state index contributed by atoms with van der Waals surface area (Å²) in [6, 6.07) is 7.86. The Kier molecular flexibility index (Phi) is 6.48. The van der Waals surface area contributed by atoms with Crippen molar-refractivity contribution in [3.63, 3.8) is 0 Å². The summed E-state index contributed by atoms with van der Waals surface area (Å²) in [5, 5.41) is 2.93. The van der Waals surface area contributed by atoms with Gasteiger partial charge < -0.3 is 24.7 Å². The Morgan fingerprint density at radius 2 is 1.83 bits per heavy atom. The maximum Gasteiger partial charge on any atom is 0.233 e. The highest BCUT2D eigenvalue weighted by Gasteiger charge is 2.43. The predicted octanol–water partition coefficient (Wildman–Crippen LogP) is 3.78. The van der Waals surface area contributed by atoms with E-state index < -0.39 is 11.7 Å². The molecule has 3 aromatic rings. The van der Waals surface area contributed by atoms with Crippen molar-refractivity contribution in [1.29, 1.82) is 0 Å². The molecular formula is C25H29FN6O3. The Morgan fingerprint density at radius 1 is 1.11 bits per heavy atom. The third-order valence-corrected chi connectivity index (χ3v) is 6.46. The van der Waals surface area contributed by atoms with Gasteiger partial charge in [0.25, 0.3) is 0 Å². The van der Waals surface area contributed by atoms with Crippen molar-refractivity contribution in [2.45, 2.75) is 32.5 Å². The van der Waals surface area contributed by atoms with Crippen LogP contribution in [0.4, 0.5) is 10.3 Å². The number of aromatic nitrogens is 4. The Balaban J connectivity index is 1.41. The number of hydrogen-bond donors (Lipinski definition) is 2. The van der Waals surface area contributed by atoms with Crippen LogP contribution in [0.1, 0.15) is 38.3 Å². The number of hydrogen-bond acceptors (Lipinski definition) is 7. The normalized spacial score (nSPS) is 22.7. The second-order valence-electron chi connectivity index (χ2n) is 9.24. The van der Waals surface area contributed by atoms with E-state index in [4.69, 9.17) is 14.5 Å². The maximum absolute atomic E-state index is 13.6. The number of aromatic amines is 1. The number of rotatable bonds is 5. The zero-order valence-corrected chi connectivity index (χ0v) is 19.9. The number of piperidine rings is 1. The van der Waals surface area contributed by atoms with Crippen molar-refractivity contribution in [1.82, 2.24) is 24.8 Å². The Bertz CT molecular complexity index is 1180. The summed E-state index contributed by atoms with van der Waals surface area (Å²) >= 11 is 0. The topological polar surface area (TPSA) is 105 Å². The van der Waals surface area contributed by atoms with Gasteiger partial charge in [-0.3, -0.25) is 4.79 Å². The maximum atomic E-state index is 13.6. The summed E-state index contributed by atoms with van der Waals surface area (Å²) in [6.45, 7) is 3.92. The second kappa shape index (κ2) is 9.71. The van der Waals surface area contributed by atoms with Gasteiger partial charge in [-0.2, -0.15) is 0 Å². The van der Waals surface area contributed by atoms with Gasteiger partial charge in [0.05, 0.1) is 35.7 Å². The molecule has 0 radical (unpaired) electrons. The minimum atomic E-state index is -0.768. The molecule has 184 valence electrons. The van der Waals surface area contributed by atoms with Gasteiger partial charge in [0.1, 0.15) is 5.82 Å². The molecule has 2 N–H and O–H groups in total. The van der Waals surface area contributed by atoms with Gasteiger partial charge >= 0.3 is 0 Å². The van der Waals surface area contributed by atoms with Crippen molar-refractivity contribution >= 4 is 11.9 Å². The van der Waals surface area contributed by atoms with Crippen LogP contribution in [-0.4, -0.2) is 64.1 Å². The molecule has 1 aromatic carbocycles. The molecule has 4 heterocycles. The summed E-state index contributed by atoms with van der Waals surface area (Å²) in [5.74, 6) is 0.655. The fourth-order valence-electron chi connectivity index (χ4n) is 4.49. The van der Waals surface area contributed by atoms with E-state index in [1.54, 1.807) is 31.4 Å². The molecule has 5 rings (SSSR count). The van der Waals surface area contributed by atoms with E-state index in [2.05, 4.69) is 20.3 Å². The van der Waals surface area contributed by atoms with Crippen LogP contribution in [0.3, 0.4) is 0 Å². The van der Waals surface area contributed by atoms with Crippen molar-refractivity contribution in [3.05, 3.63) is 48.2 Å². The number of H-pyrrole nitrogens is 1. The smallest absolute Gasteiger partial charge is 0.233 e. The standard InChI is InChI=1S/C25H29FN6O3/c1-25(23(33)32-12-4-3-5-13-32)14-34-22(35-15-25)21-30-19(16-6-8-17(26)9-7-16)20(31-21)18-10-11-28-24(27-2)29-18/h6-11,22H,3-5,12-15H2,1-2H3,(H,30,31)(H,27,28,29). The summed E-state index contributed by atoms with van der Waals surface area (Å²) < 4.78 is 25.6. The molecule has 0 saturated carbocycles. The predicted molar refractivity (Wildman–Crippen MR) is 128 cm³/mol. The Hall–Kier alpha value is -3.37. The molecule has 10 heteroatoms. The number of nitrogens with zero attached hydrogens (tertiary/aromatic N) is 4. The largest absolute Gasteiger partial charge is 0.357 e. The van der Waals surface area contributed by atoms with Gasteiger partial charge in [0.2, 0.25) is 18.1 Å². The first-order valence-electron chi connectivity index (χ1n) is 11.9. The molecule has 0 unspecified atom stereocenters. The van der Waals surface area contributed by atoms with E-state index in [0.717, 1.165) is 37.9 Å². The lowest BCUT2D eigenvalue weighted by Gasteiger charge is -2.40. The number of benzene rings is 1. The van der Waals surface area contributed by atoms with Crippen LogP contribution in [0.2, 0.25) is 0 Å². The second-order valence-corrected chi connectivity index (χ2v) is 9.24. The highest BCUT2D eigenvalue weighted by Crippen LogP contribution is 2.36. The number of ether oxygens (including phenoxy) is 2. The van der Waals surface area contributed by atoms with Gasteiger partial charge in [-0.15, -0.1) is 0 Å². The first-order chi connectivity index (χ1) is 17.0. The van der Waals surface area contributed by atoms with Crippen LogP contribution in [-0.2, 0) is 14.3 Å². The molecule has 0 aliphatic carbocycles.